The Morgan fingerprint density at radius 2 is 1.56 bits per heavy atom. The Bertz CT molecular complexity index is 2570. The Balaban J connectivity index is 1.29. The number of hydrogen-bond acceptors (Lipinski definition) is 2. The van der Waals surface area contributed by atoms with E-state index in [4.69, 9.17) is 0 Å². The van der Waals surface area contributed by atoms with E-state index < -0.39 is 0 Å². The average molecular weight is 675 g/mol. The van der Waals surface area contributed by atoms with Crippen LogP contribution in [0.2, 0.25) is 0 Å². The molecule has 4 nitrogen and oxygen atoms in total. The molecule has 8 rings (SSSR count). The zero-order chi connectivity index (χ0) is 35.8. The SMILES string of the molecule is C=C/C(C#N)=C\Cc1c(C)n(C2=C(c3ccccc3-c3cccc(Cn4c5c(c6ccccc64)CCCC5)c3C#N)C=CC(C)C2)c2ccccc12. The molecule has 0 N–H and O–H groups in total. The fraction of sp³-hybridized carbons (Fsp3) is 0.208. The van der Waals surface area contributed by atoms with Gasteiger partial charge in [0.05, 0.1) is 17.1 Å². The zero-order valence-corrected chi connectivity index (χ0v) is 30.0. The summed E-state index contributed by atoms with van der Waals surface area (Å²) in [6, 6.07) is 37.2. The van der Waals surface area contributed by atoms with Gasteiger partial charge in [-0.25, -0.2) is 0 Å². The molecule has 0 saturated carbocycles. The Morgan fingerprint density at radius 3 is 2.35 bits per heavy atom. The molecule has 0 aliphatic heterocycles. The van der Waals surface area contributed by atoms with E-state index in [1.807, 2.05) is 6.08 Å². The van der Waals surface area contributed by atoms with Gasteiger partial charge in [0.25, 0.3) is 0 Å². The van der Waals surface area contributed by atoms with Crippen LogP contribution in [0.25, 0.3) is 44.2 Å². The number of benzene rings is 4. The lowest BCUT2D eigenvalue weighted by atomic mass is 9.85. The van der Waals surface area contributed by atoms with Gasteiger partial charge in [0, 0.05) is 56.6 Å². The van der Waals surface area contributed by atoms with Gasteiger partial charge in [-0.3, -0.25) is 0 Å². The minimum Gasteiger partial charge on any atom is -0.340 e. The number of hydrogen-bond donors (Lipinski definition) is 0. The Morgan fingerprint density at radius 1 is 0.846 bits per heavy atom. The highest BCUT2D eigenvalue weighted by Crippen LogP contribution is 2.42. The summed E-state index contributed by atoms with van der Waals surface area (Å²) in [5.41, 5.74) is 15.7. The van der Waals surface area contributed by atoms with Gasteiger partial charge in [-0.15, -0.1) is 0 Å². The molecule has 0 radical (unpaired) electrons. The van der Waals surface area contributed by atoms with Crippen LogP contribution in [0.4, 0.5) is 0 Å². The van der Waals surface area contributed by atoms with Crippen LogP contribution >= 0.6 is 0 Å². The monoisotopic (exact) mass is 674 g/mol. The highest BCUT2D eigenvalue weighted by atomic mass is 15.0. The fourth-order valence-electron chi connectivity index (χ4n) is 8.70. The van der Waals surface area contributed by atoms with Crippen LogP contribution in [0.15, 0.2) is 127 Å². The van der Waals surface area contributed by atoms with Gasteiger partial charge in [0.15, 0.2) is 0 Å². The number of nitriles is 2. The Kier molecular flexibility index (Phi) is 8.84. The van der Waals surface area contributed by atoms with E-state index in [-0.39, 0.29) is 0 Å². The number of rotatable bonds is 8. The first-order chi connectivity index (χ1) is 25.5. The first-order valence-corrected chi connectivity index (χ1v) is 18.5. The molecule has 0 fully saturated rings. The highest BCUT2D eigenvalue weighted by Gasteiger charge is 2.25. The lowest BCUT2D eigenvalue weighted by molar-refractivity contribution is 0.637. The molecule has 0 saturated heterocycles. The summed E-state index contributed by atoms with van der Waals surface area (Å²) in [7, 11) is 0. The molecule has 1 atom stereocenters. The summed E-state index contributed by atoms with van der Waals surface area (Å²) in [4.78, 5) is 0. The molecule has 0 amide bonds. The van der Waals surface area contributed by atoms with Crippen LogP contribution in [0.3, 0.4) is 0 Å². The molecule has 4 heteroatoms. The van der Waals surface area contributed by atoms with Crippen molar-refractivity contribution in [1.29, 1.82) is 10.5 Å². The maximum Gasteiger partial charge on any atom is 0.100 e. The second-order valence-electron chi connectivity index (χ2n) is 14.2. The molecule has 0 bridgehead atoms. The van der Waals surface area contributed by atoms with Crippen molar-refractivity contribution in [3.63, 3.8) is 0 Å². The third kappa shape index (κ3) is 5.62. The van der Waals surface area contributed by atoms with E-state index in [1.54, 1.807) is 6.08 Å². The van der Waals surface area contributed by atoms with Crippen molar-refractivity contribution in [3.8, 4) is 23.3 Å². The van der Waals surface area contributed by atoms with Crippen molar-refractivity contribution in [2.24, 2.45) is 5.92 Å². The van der Waals surface area contributed by atoms with E-state index in [1.165, 1.54) is 62.9 Å². The van der Waals surface area contributed by atoms with Gasteiger partial charge in [-0.1, -0.05) is 117 Å². The van der Waals surface area contributed by atoms with Crippen molar-refractivity contribution in [1.82, 2.24) is 9.13 Å². The molecule has 52 heavy (non-hydrogen) atoms. The number of allylic oxidation sites excluding steroid dienone is 7. The summed E-state index contributed by atoms with van der Waals surface area (Å²) in [6.45, 7) is 8.97. The summed E-state index contributed by atoms with van der Waals surface area (Å²) < 4.78 is 4.91. The van der Waals surface area contributed by atoms with Gasteiger partial charge in [-0.05, 0) is 91.3 Å². The standard InChI is InChI=1S/C48H42N4/c1-4-34(29-49)25-27-36-33(3)52(47-23-12-9-17-40(36)47)48-28-32(2)24-26-43(48)38-16-6-5-15-37(38)39-20-13-14-35(44(39)30-50)31-51-45-21-10-7-18-41(45)42-19-8-11-22-46(42)51/h4-7,9-10,12-18,20-21,23-26,32H,1,8,11,19,22,27-28,31H2,2-3H3/b34-25+. The van der Waals surface area contributed by atoms with Crippen LogP contribution in [-0.4, -0.2) is 9.13 Å². The zero-order valence-electron chi connectivity index (χ0n) is 30.0. The quantitative estimate of drug-likeness (QED) is 0.119. The second-order valence-corrected chi connectivity index (χ2v) is 14.2. The number of fused-ring (bicyclic) bond motifs is 4. The van der Waals surface area contributed by atoms with E-state index in [2.05, 4.69) is 145 Å². The lowest BCUT2D eigenvalue weighted by Crippen LogP contribution is -2.11. The Hall–Kier alpha value is -6.10. The van der Waals surface area contributed by atoms with Crippen LogP contribution in [0.1, 0.15) is 65.4 Å². The summed E-state index contributed by atoms with van der Waals surface area (Å²) in [6.07, 6.45) is 14.4. The maximum absolute atomic E-state index is 10.9. The summed E-state index contributed by atoms with van der Waals surface area (Å²) in [5, 5.41) is 23.0. The van der Waals surface area contributed by atoms with Gasteiger partial charge in [0.2, 0.25) is 0 Å². The van der Waals surface area contributed by atoms with Crippen molar-refractivity contribution in [2.75, 3.05) is 0 Å². The normalized spacial score (nSPS) is 15.8. The average Bonchev–Trinajstić information content (AvgIpc) is 3.65. The number of nitrogens with zero attached hydrogens (tertiary/aromatic N) is 4. The summed E-state index contributed by atoms with van der Waals surface area (Å²) >= 11 is 0. The van der Waals surface area contributed by atoms with Crippen LogP contribution in [-0.2, 0) is 25.8 Å². The molecule has 2 aromatic heterocycles. The highest BCUT2D eigenvalue weighted by molar-refractivity contribution is 6.00. The largest absolute Gasteiger partial charge is 0.340 e. The third-order valence-corrected chi connectivity index (χ3v) is 11.2. The molecule has 6 aromatic rings. The maximum atomic E-state index is 10.9. The first kappa shape index (κ1) is 33.1. The Labute approximate surface area is 306 Å². The lowest BCUT2D eigenvalue weighted by Gasteiger charge is -2.25. The molecule has 2 heterocycles. The van der Waals surface area contributed by atoms with Crippen LogP contribution in [0.5, 0.6) is 0 Å². The third-order valence-electron chi connectivity index (χ3n) is 11.2. The van der Waals surface area contributed by atoms with E-state index >= 15 is 0 Å². The van der Waals surface area contributed by atoms with Crippen LogP contribution in [0, 0.1) is 35.5 Å². The van der Waals surface area contributed by atoms with Crippen LogP contribution < -0.4 is 0 Å². The van der Waals surface area contributed by atoms with Gasteiger partial charge in [0.1, 0.15) is 6.07 Å². The number of aromatic nitrogens is 2. The molecule has 4 aromatic carbocycles. The molecule has 2 aliphatic rings. The van der Waals surface area contributed by atoms with Crippen molar-refractivity contribution >= 4 is 33.1 Å². The second kappa shape index (κ2) is 13.9. The van der Waals surface area contributed by atoms with E-state index in [0.717, 1.165) is 52.6 Å². The van der Waals surface area contributed by atoms with Gasteiger partial charge < -0.3 is 9.13 Å². The molecule has 254 valence electrons. The molecular weight excluding hydrogens is 633 g/mol. The van der Waals surface area contributed by atoms with E-state index in [0.29, 0.717) is 24.5 Å². The molecule has 0 spiro atoms. The topological polar surface area (TPSA) is 57.4 Å². The summed E-state index contributed by atoms with van der Waals surface area (Å²) in [5.74, 6) is 0.362. The van der Waals surface area contributed by atoms with Gasteiger partial charge in [-0.2, -0.15) is 10.5 Å². The number of para-hydroxylation sites is 2. The number of aryl methyl sites for hydroxylation is 1. The predicted molar refractivity (Wildman–Crippen MR) is 215 cm³/mol. The van der Waals surface area contributed by atoms with Crippen molar-refractivity contribution < 1.29 is 0 Å². The smallest absolute Gasteiger partial charge is 0.100 e. The minimum absolute atomic E-state index is 0.362. The van der Waals surface area contributed by atoms with Crippen molar-refractivity contribution in [3.05, 3.63) is 167 Å². The van der Waals surface area contributed by atoms with Gasteiger partial charge >= 0.3 is 0 Å². The first-order valence-electron chi connectivity index (χ1n) is 18.5. The molecule has 1 unspecified atom stereocenters. The fourth-order valence-corrected chi connectivity index (χ4v) is 8.70. The van der Waals surface area contributed by atoms with Crippen molar-refractivity contribution in [2.45, 2.75) is 58.9 Å². The predicted octanol–water partition coefficient (Wildman–Crippen LogP) is 11.5. The van der Waals surface area contributed by atoms with E-state index in [9.17, 15) is 10.5 Å². The molecule has 2 aliphatic carbocycles. The molecular formula is C48H42N4. The minimum atomic E-state index is 0.362.